The molecule has 0 heterocycles. The highest BCUT2D eigenvalue weighted by Crippen LogP contribution is 2.12. The number of phenolic OH excluding ortho intramolecular Hbond substituents is 1. The van der Waals surface area contributed by atoms with E-state index in [4.69, 9.17) is 16.6 Å². The second-order valence-electron chi connectivity index (χ2n) is 8.48. The lowest BCUT2D eigenvalue weighted by Crippen LogP contribution is -2.58. The van der Waals surface area contributed by atoms with Gasteiger partial charge in [0.2, 0.25) is 23.6 Å². The normalized spacial score (nSPS) is 14.3. The zero-order valence-electron chi connectivity index (χ0n) is 19.6. The van der Waals surface area contributed by atoms with Gasteiger partial charge in [0, 0.05) is 12.2 Å². The summed E-state index contributed by atoms with van der Waals surface area (Å²) in [6.45, 7) is 3.77. The van der Waals surface area contributed by atoms with Crippen molar-refractivity contribution in [3.8, 4) is 5.75 Å². The van der Waals surface area contributed by atoms with Gasteiger partial charge >= 0.3 is 5.97 Å². The van der Waals surface area contributed by atoms with Crippen LogP contribution in [0.15, 0.2) is 24.3 Å². The second-order valence-corrected chi connectivity index (χ2v) is 8.85. The van der Waals surface area contributed by atoms with Gasteiger partial charge in [-0.25, -0.2) is 4.79 Å². The third kappa shape index (κ3) is 10.6. The van der Waals surface area contributed by atoms with E-state index in [0.29, 0.717) is 12.0 Å². The van der Waals surface area contributed by atoms with Gasteiger partial charge in [0.15, 0.2) is 0 Å². The molecule has 4 unspecified atom stereocenters. The smallest absolute Gasteiger partial charge is 0.327 e. The number of aromatic hydroxyl groups is 1. The van der Waals surface area contributed by atoms with E-state index in [2.05, 4.69) is 28.6 Å². The average molecular weight is 512 g/mol. The molecule has 12 nitrogen and oxygen atoms in total. The molecule has 0 aliphatic rings. The molecule has 194 valence electrons. The van der Waals surface area contributed by atoms with Gasteiger partial charge in [-0.15, -0.1) is 0 Å². The maximum absolute atomic E-state index is 13.1. The van der Waals surface area contributed by atoms with Gasteiger partial charge < -0.3 is 37.6 Å². The van der Waals surface area contributed by atoms with Crippen LogP contribution in [-0.4, -0.2) is 69.7 Å². The maximum atomic E-state index is 13.1. The molecular weight excluding hydrogens is 478 g/mol. The SMILES string of the molecule is CC(C)CC(N)C(=O)NC(Cc1ccc(O)cc1)C(=O)NC(CC(N)=O)C(=O)NC(CS)C(=O)O. The summed E-state index contributed by atoms with van der Waals surface area (Å²) in [4.78, 5) is 61.0. The van der Waals surface area contributed by atoms with Gasteiger partial charge in [-0.3, -0.25) is 19.2 Å². The summed E-state index contributed by atoms with van der Waals surface area (Å²) in [5.74, 6) is -4.73. The summed E-state index contributed by atoms with van der Waals surface area (Å²) in [7, 11) is 0. The lowest BCUT2D eigenvalue weighted by molar-refractivity contribution is -0.141. The van der Waals surface area contributed by atoms with Gasteiger partial charge in [0.25, 0.3) is 0 Å². The highest BCUT2D eigenvalue weighted by molar-refractivity contribution is 7.80. The molecule has 4 amide bonds. The molecule has 0 aliphatic heterocycles. The topological polar surface area (TPSA) is 214 Å². The molecular formula is C22H33N5O7S. The molecule has 35 heavy (non-hydrogen) atoms. The number of rotatable bonds is 14. The molecule has 1 aromatic carbocycles. The van der Waals surface area contributed by atoms with Crippen LogP contribution in [0, 0.1) is 5.92 Å². The number of amides is 4. The van der Waals surface area contributed by atoms with E-state index in [-0.39, 0.29) is 23.8 Å². The minimum Gasteiger partial charge on any atom is -0.508 e. The number of benzene rings is 1. The zero-order chi connectivity index (χ0) is 26.7. The molecule has 0 aliphatic carbocycles. The molecule has 0 bridgehead atoms. The van der Waals surface area contributed by atoms with Crippen molar-refractivity contribution in [2.24, 2.45) is 17.4 Å². The Balaban J connectivity index is 3.12. The average Bonchev–Trinajstić information content (AvgIpc) is 2.76. The van der Waals surface area contributed by atoms with Crippen molar-refractivity contribution in [3.63, 3.8) is 0 Å². The molecule has 0 aromatic heterocycles. The number of hydrogen-bond acceptors (Lipinski definition) is 8. The van der Waals surface area contributed by atoms with Crippen molar-refractivity contribution in [1.82, 2.24) is 16.0 Å². The number of carboxylic acids is 1. The summed E-state index contributed by atoms with van der Waals surface area (Å²) in [5.41, 5.74) is 11.7. The van der Waals surface area contributed by atoms with E-state index < -0.39 is 60.2 Å². The fourth-order valence-corrected chi connectivity index (χ4v) is 3.36. The van der Waals surface area contributed by atoms with Gasteiger partial charge in [0.1, 0.15) is 23.9 Å². The predicted molar refractivity (Wildman–Crippen MR) is 130 cm³/mol. The highest BCUT2D eigenvalue weighted by atomic mass is 32.1. The number of hydrogen-bond donors (Lipinski definition) is 8. The van der Waals surface area contributed by atoms with Gasteiger partial charge in [0.05, 0.1) is 12.5 Å². The molecule has 9 N–H and O–H groups in total. The molecule has 0 saturated carbocycles. The number of carbonyl (C=O) groups is 5. The molecule has 0 spiro atoms. The van der Waals surface area contributed by atoms with E-state index in [0.717, 1.165) is 0 Å². The summed E-state index contributed by atoms with van der Waals surface area (Å²) < 4.78 is 0. The van der Waals surface area contributed by atoms with Crippen LogP contribution in [0.4, 0.5) is 0 Å². The van der Waals surface area contributed by atoms with Crippen molar-refractivity contribution in [2.45, 2.75) is 57.3 Å². The predicted octanol–water partition coefficient (Wildman–Crippen LogP) is -1.35. The second kappa shape index (κ2) is 14.2. The van der Waals surface area contributed by atoms with Crippen LogP contribution in [0.3, 0.4) is 0 Å². The first kappa shape index (κ1) is 29.7. The first-order valence-corrected chi connectivity index (χ1v) is 11.5. The third-order valence-corrected chi connectivity index (χ3v) is 5.27. The largest absolute Gasteiger partial charge is 0.508 e. The van der Waals surface area contributed by atoms with Gasteiger partial charge in [-0.1, -0.05) is 26.0 Å². The molecule has 0 saturated heterocycles. The van der Waals surface area contributed by atoms with Crippen molar-refractivity contribution in [2.75, 3.05) is 5.75 Å². The standard InChI is InChI=1S/C22H33N5O7S/c1-11(2)7-14(23)19(30)25-15(8-12-3-5-13(28)6-4-12)20(31)26-16(9-18(24)29)21(32)27-17(10-35)22(33)34/h3-6,11,14-17,28,35H,7-10,23H2,1-2H3,(H2,24,29)(H,25,30)(H,26,31)(H,27,32)(H,33,34). The Labute approximate surface area is 208 Å². The fourth-order valence-electron chi connectivity index (χ4n) is 3.11. The van der Waals surface area contributed by atoms with Gasteiger partial charge in [-0.2, -0.15) is 12.6 Å². The van der Waals surface area contributed by atoms with Crippen molar-refractivity contribution < 1.29 is 34.2 Å². The van der Waals surface area contributed by atoms with Crippen LogP contribution >= 0.6 is 12.6 Å². The molecule has 1 aromatic rings. The number of carboxylic acid groups (broad SMARTS) is 1. The number of primary amides is 1. The maximum Gasteiger partial charge on any atom is 0.327 e. The number of nitrogens with two attached hydrogens (primary N) is 2. The van der Waals surface area contributed by atoms with Crippen molar-refractivity contribution in [1.29, 1.82) is 0 Å². The zero-order valence-corrected chi connectivity index (χ0v) is 20.5. The first-order chi connectivity index (χ1) is 16.3. The molecule has 4 atom stereocenters. The van der Waals surface area contributed by atoms with Crippen molar-refractivity contribution in [3.05, 3.63) is 29.8 Å². The Kier molecular flexibility index (Phi) is 12.0. The third-order valence-electron chi connectivity index (χ3n) is 4.91. The summed E-state index contributed by atoms with van der Waals surface area (Å²) >= 11 is 3.86. The van der Waals surface area contributed by atoms with E-state index in [1.54, 1.807) is 12.1 Å². The number of carbonyl (C=O) groups excluding carboxylic acids is 4. The van der Waals surface area contributed by atoms with Crippen LogP contribution < -0.4 is 27.4 Å². The minimum atomic E-state index is -1.50. The lowest BCUT2D eigenvalue weighted by Gasteiger charge is -2.25. The van der Waals surface area contributed by atoms with Gasteiger partial charge in [-0.05, 0) is 30.0 Å². The monoisotopic (exact) mass is 511 g/mol. The molecule has 1 rings (SSSR count). The van der Waals surface area contributed by atoms with E-state index >= 15 is 0 Å². The minimum absolute atomic E-state index is 0.00751. The number of thiol groups is 1. The fraction of sp³-hybridized carbons (Fsp3) is 0.500. The Bertz CT molecular complexity index is 910. The number of phenols is 1. The first-order valence-electron chi connectivity index (χ1n) is 10.9. The van der Waals surface area contributed by atoms with Crippen LogP contribution in [0.25, 0.3) is 0 Å². The van der Waals surface area contributed by atoms with Crippen LogP contribution in [-0.2, 0) is 30.4 Å². The molecule has 0 fully saturated rings. The Morgan fingerprint density at radius 1 is 0.914 bits per heavy atom. The van der Waals surface area contributed by atoms with Crippen molar-refractivity contribution >= 4 is 42.2 Å². The number of nitrogens with one attached hydrogen (secondary N) is 3. The Morgan fingerprint density at radius 2 is 1.43 bits per heavy atom. The van der Waals surface area contributed by atoms with Crippen LogP contribution in [0.1, 0.15) is 32.3 Å². The van der Waals surface area contributed by atoms with Crippen LogP contribution in [0.5, 0.6) is 5.75 Å². The Morgan fingerprint density at radius 3 is 1.91 bits per heavy atom. The van der Waals surface area contributed by atoms with E-state index in [1.807, 2.05) is 13.8 Å². The quantitative estimate of drug-likeness (QED) is 0.139. The lowest BCUT2D eigenvalue weighted by atomic mass is 10.0. The van der Waals surface area contributed by atoms with E-state index in [9.17, 15) is 29.1 Å². The Hall–Kier alpha value is -3.32. The molecule has 13 heteroatoms. The van der Waals surface area contributed by atoms with Crippen LogP contribution in [0.2, 0.25) is 0 Å². The molecule has 0 radical (unpaired) electrons. The summed E-state index contributed by atoms with van der Waals surface area (Å²) in [6, 6.07) is 0.966. The summed E-state index contributed by atoms with van der Waals surface area (Å²) in [6.07, 6.45) is -0.263. The van der Waals surface area contributed by atoms with E-state index in [1.165, 1.54) is 12.1 Å². The number of aliphatic carboxylic acids is 1. The highest BCUT2D eigenvalue weighted by Gasteiger charge is 2.31. The summed E-state index contributed by atoms with van der Waals surface area (Å²) in [5, 5.41) is 25.7.